The van der Waals surface area contributed by atoms with E-state index >= 15 is 0 Å². The van der Waals surface area contributed by atoms with Crippen molar-refractivity contribution in [1.29, 1.82) is 0 Å². The molecule has 0 radical (unpaired) electrons. The van der Waals surface area contributed by atoms with Crippen molar-refractivity contribution in [1.82, 2.24) is 0 Å². The van der Waals surface area contributed by atoms with Gasteiger partial charge in [0.25, 0.3) is 0 Å². The highest BCUT2D eigenvalue weighted by Gasteiger charge is 2.41. The molecule has 0 unspecified atom stereocenters. The predicted molar refractivity (Wildman–Crippen MR) is 67.5 cm³/mol. The summed E-state index contributed by atoms with van der Waals surface area (Å²) in [6.45, 7) is 0.809. The smallest absolute Gasteiger partial charge is 0.0541 e. The Morgan fingerprint density at radius 3 is 2.67 bits per heavy atom. The van der Waals surface area contributed by atoms with Crippen LogP contribution in [0.5, 0.6) is 0 Å². The number of rotatable bonds is 5. The first kappa shape index (κ1) is 11.3. The van der Waals surface area contributed by atoms with Gasteiger partial charge < -0.3 is 5.73 Å². The van der Waals surface area contributed by atoms with Crippen molar-refractivity contribution in [3.05, 3.63) is 29.3 Å². The molecule has 1 aliphatic carbocycles. The molecular weight excluding hydrogens is 226 g/mol. The van der Waals surface area contributed by atoms with Gasteiger partial charge in [-0.2, -0.15) is 0 Å². The molecule has 0 bridgehead atoms. The van der Waals surface area contributed by atoms with E-state index in [9.17, 15) is 0 Å². The highest BCUT2D eigenvalue weighted by molar-refractivity contribution is 7.99. The SMILES string of the molecule is NCCC1(CSc2ccccc2Cl)CC1. The van der Waals surface area contributed by atoms with Crippen LogP contribution in [0.2, 0.25) is 5.02 Å². The van der Waals surface area contributed by atoms with E-state index in [1.807, 2.05) is 30.0 Å². The van der Waals surface area contributed by atoms with Crippen LogP contribution < -0.4 is 5.73 Å². The minimum atomic E-state index is 0.526. The van der Waals surface area contributed by atoms with E-state index in [0.29, 0.717) is 5.41 Å². The van der Waals surface area contributed by atoms with E-state index in [2.05, 4.69) is 6.07 Å². The first-order valence-corrected chi connectivity index (χ1v) is 6.70. The summed E-state index contributed by atoms with van der Waals surface area (Å²) in [6.07, 6.45) is 3.83. The minimum Gasteiger partial charge on any atom is -0.330 e. The second-order valence-corrected chi connectivity index (χ2v) is 5.68. The van der Waals surface area contributed by atoms with Gasteiger partial charge in [0.05, 0.1) is 5.02 Å². The molecular formula is C12H16ClNS. The van der Waals surface area contributed by atoms with Crippen molar-refractivity contribution in [2.45, 2.75) is 24.2 Å². The number of hydrogen-bond acceptors (Lipinski definition) is 2. The summed E-state index contributed by atoms with van der Waals surface area (Å²) < 4.78 is 0. The lowest BCUT2D eigenvalue weighted by atomic mass is 10.1. The van der Waals surface area contributed by atoms with Crippen molar-refractivity contribution in [3.63, 3.8) is 0 Å². The van der Waals surface area contributed by atoms with Crippen LogP contribution in [0.4, 0.5) is 0 Å². The van der Waals surface area contributed by atoms with E-state index in [1.54, 1.807) is 0 Å². The van der Waals surface area contributed by atoms with Gasteiger partial charge in [-0.05, 0) is 43.4 Å². The number of thioether (sulfide) groups is 1. The molecule has 0 aliphatic heterocycles. The monoisotopic (exact) mass is 241 g/mol. The van der Waals surface area contributed by atoms with Crippen molar-refractivity contribution in [2.24, 2.45) is 11.1 Å². The predicted octanol–water partition coefficient (Wildman–Crippen LogP) is 3.56. The molecule has 0 spiro atoms. The van der Waals surface area contributed by atoms with E-state index in [-0.39, 0.29) is 0 Å². The van der Waals surface area contributed by atoms with Gasteiger partial charge in [0.2, 0.25) is 0 Å². The topological polar surface area (TPSA) is 26.0 Å². The largest absolute Gasteiger partial charge is 0.330 e. The fourth-order valence-corrected chi connectivity index (χ4v) is 3.32. The van der Waals surface area contributed by atoms with E-state index in [0.717, 1.165) is 23.7 Å². The molecule has 1 fully saturated rings. The molecule has 0 atom stereocenters. The highest BCUT2D eigenvalue weighted by Crippen LogP contribution is 2.52. The fraction of sp³-hybridized carbons (Fsp3) is 0.500. The molecule has 1 aromatic rings. The average Bonchev–Trinajstić information content (AvgIpc) is 2.98. The first-order chi connectivity index (χ1) is 7.26. The van der Waals surface area contributed by atoms with Crippen molar-refractivity contribution in [2.75, 3.05) is 12.3 Å². The third-order valence-electron chi connectivity index (χ3n) is 3.00. The van der Waals surface area contributed by atoms with Gasteiger partial charge in [0.15, 0.2) is 0 Å². The van der Waals surface area contributed by atoms with Gasteiger partial charge in [0, 0.05) is 10.6 Å². The molecule has 1 aromatic carbocycles. The molecule has 2 rings (SSSR count). The van der Waals surface area contributed by atoms with Crippen LogP contribution in [0.3, 0.4) is 0 Å². The average molecular weight is 242 g/mol. The Balaban J connectivity index is 1.91. The van der Waals surface area contributed by atoms with Crippen LogP contribution >= 0.6 is 23.4 Å². The van der Waals surface area contributed by atoms with E-state index in [4.69, 9.17) is 17.3 Å². The minimum absolute atomic E-state index is 0.526. The van der Waals surface area contributed by atoms with Gasteiger partial charge in [-0.3, -0.25) is 0 Å². The molecule has 0 aromatic heterocycles. The Kier molecular flexibility index (Phi) is 3.60. The van der Waals surface area contributed by atoms with Crippen LogP contribution in [0, 0.1) is 5.41 Å². The zero-order valence-corrected chi connectivity index (χ0v) is 10.3. The summed E-state index contributed by atoms with van der Waals surface area (Å²) in [5, 5.41) is 0.867. The summed E-state index contributed by atoms with van der Waals surface area (Å²) >= 11 is 7.97. The van der Waals surface area contributed by atoms with E-state index < -0.39 is 0 Å². The van der Waals surface area contributed by atoms with E-state index in [1.165, 1.54) is 17.7 Å². The fourth-order valence-electron chi connectivity index (χ4n) is 1.74. The maximum atomic E-state index is 6.11. The summed E-state index contributed by atoms with van der Waals surface area (Å²) in [7, 11) is 0. The van der Waals surface area contributed by atoms with Crippen molar-refractivity contribution < 1.29 is 0 Å². The lowest BCUT2D eigenvalue weighted by Crippen LogP contribution is -2.11. The Labute approximate surface area is 100 Å². The molecule has 0 saturated heterocycles. The van der Waals surface area contributed by atoms with Gasteiger partial charge in [-0.15, -0.1) is 11.8 Å². The Morgan fingerprint density at radius 1 is 1.33 bits per heavy atom. The molecule has 1 nitrogen and oxygen atoms in total. The van der Waals surface area contributed by atoms with Crippen molar-refractivity contribution >= 4 is 23.4 Å². The standard InChI is InChI=1S/C12H16ClNS/c13-10-3-1-2-4-11(10)15-9-12(5-6-12)7-8-14/h1-4H,5-9,14H2. The van der Waals surface area contributed by atoms with Crippen molar-refractivity contribution in [3.8, 4) is 0 Å². The normalized spacial score (nSPS) is 17.7. The van der Waals surface area contributed by atoms with Crippen LogP contribution in [-0.2, 0) is 0 Å². The number of nitrogens with two attached hydrogens (primary N) is 1. The van der Waals surface area contributed by atoms with Gasteiger partial charge >= 0.3 is 0 Å². The molecule has 82 valence electrons. The number of hydrogen-bond donors (Lipinski definition) is 1. The second kappa shape index (κ2) is 4.77. The van der Waals surface area contributed by atoms with Gasteiger partial charge in [-0.25, -0.2) is 0 Å². The lowest BCUT2D eigenvalue weighted by molar-refractivity contribution is 0.537. The maximum Gasteiger partial charge on any atom is 0.0541 e. The Bertz CT molecular complexity index is 336. The third kappa shape index (κ3) is 2.90. The van der Waals surface area contributed by atoms with Gasteiger partial charge in [-0.1, -0.05) is 23.7 Å². The molecule has 1 aliphatic rings. The third-order valence-corrected chi connectivity index (χ3v) is 4.87. The zero-order valence-electron chi connectivity index (χ0n) is 8.71. The van der Waals surface area contributed by atoms with Gasteiger partial charge in [0.1, 0.15) is 0 Å². The highest BCUT2D eigenvalue weighted by atomic mass is 35.5. The molecule has 15 heavy (non-hydrogen) atoms. The van der Waals surface area contributed by atoms with Crippen LogP contribution in [-0.4, -0.2) is 12.3 Å². The first-order valence-electron chi connectivity index (χ1n) is 5.33. The molecule has 3 heteroatoms. The Morgan fingerprint density at radius 2 is 2.07 bits per heavy atom. The zero-order chi connectivity index (χ0) is 10.7. The summed E-state index contributed by atoms with van der Waals surface area (Å²) in [4.78, 5) is 1.20. The number of halogens is 1. The summed E-state index contributed by atoms with van der Waals surface area (Å²) in [5.74, 6) is 1.16. The van der Waals surface area contributed by atoms with Crippen LogP contribution in [0.25, 0.3) is 0 Å². The maximum absolute atomic E-state index is 6.11. The quantitative estimate of drug-likeness (QED) is 0.798. The number of benzene rings is 1. The summed E-state index contributed by atoms with van der Waals surface area (Å²) in [5.41, 5.74) is 6.14. The molecule has 0 amide bonds. The van der Waals surface area contributed by atoms with Crippen LogP contribution in [0.1, 0.15) is 19.3 Å². The Hall–Kier alpha value is -0.180. The molecule has 1 saturated carbocycles. The summed E-state index contributed by atoms with van der Waals surface area (Å²) in [6, 6.07) is 8.05. The lowest BCUT2D eigenvalue weighted by Gasteiger charge is -2.13. The molecule has 2 N–H and O–H groups in total. The molecule has 0 heterocycles. The van der Waals surface area contributed by atoms with Crippen LogP contribution in [0.15, 0.2) is 29.2 Å². The second-order valence-electron chi connectivity index (χ2n) is 4.26.